The monoisotopic (exact) mass is 384 g/mol. The first-order valence-electron chi connectivity index (χ1n) is 7.09. The molecule has 0 saturated carbocycles. The maximum absolute atomic E-state index is 12.8. The van der Waals surface area contributed by atoms with Gasteiger partial charge in [-0.05, 0) is 47.8 Å². The number of aromatic amines is 1. The lowest BCUT2D eigenvalue weighted by Crippen LogP contribution is -2.39. The smallest absolute Gasteiger partial charge is 0.244 e. The van der Waals surface area contributed by atoms with Crippen molar-refractivity contribution in [3.05, 3.63) is 40.4 Å². The van der Waals surface area contributed by atoms with E-state index in [0.717, 1.165) is 24.2 Å². The van der Waals surface area contributed by atoms with Crippen molar-refractivity contribution >= 4 is 26.0 Å². The topological polar surface area (TPSA) is 79.0 Å². The zero-order valence-electron chi connectivity index (χ0n) is 12.2. The molecule has 2 aromatic heterocycles. The van der Waals surface area contributed by atoms with Crippen LogP contribution >= 0.6 is 15.9 Å². The third-order valence-corrected chi connectivity index (χ3v) is 6.11. The molecule has 1 fully saturated rings. The molecule has 0 spiro atoms. The lowest BCUT2D eigenvalue weighted by atomic mass is 9.96. The van der Waals surface area contributed by atoms with Gasteiger partial charge in [0.1, 0.15) is 4.90 Å². The van der Waals surface area contributed by atoms with E-state index in [9.17, 15) is 8.42 Å². The van der Waals surface area contributed by atoms with Crippen LogP contribution in [0.25, 0.3) is 0 Å². The maximum atomic E-state index is 12.8. The Hall–Kier alpha value is -1.25. The number of nitrogens with one attached hydrogen (secondary N) is 1. The Balaban J connectivity index is 1.85. The predicted molar refractivity (Wildman–Crippen MR) is 86.0 cm³/mol. The van der Waals surface area contributed by atoms with Gasteiger partial charge in [0.25, 0.3) is 0 Å². The number of piperidine rings is 1. The molecule has 1 saturated heterocycles. The summed E-state index contributed by atoms with van der Waals surface area (Å²) in [7, 11) is -3.52. The van der Waals surface area contributed by atoms with Crippen molar-refractivity contribution in [3.63, 3.8) is 0 Å². The van der Waals surface area contributed by atoms with Crippen LogP contribution < -0.4 is 0 Å². The molecule has 0 amide bonds. The number of H-pyrrole nitrogens is 1. The molecule has 3 rings (SSSR count). The minimum absolute atomic E-state index is 0.133. The molecule has 2 aromatic rings. The van der Waals surface area contributed by atoms with Crippen molar-refractivity contribution in [2.45, 2.75) is 30.6 Å². The molecule has 0 aliphatic carbocycles. The highest BCUT2D eigenvalue weighted by Gasteiger charge is 2.32. The molecule has 1 aliphatic heterocycles. The van der Waals surface area contributed by atoms with Crippen LogP contribution in [-0.2, 0) is 10.0 Å². The number of pyridine rings is 1. The standard InChI is InChI=1S/C14H17BrN4O2S/c1-10-5-14(18-17-10)11-3-2-4-19(9-11)22(20,21)13-6-12(15)7-16-8-13/h5-8,11H,2-4,9H2,1H3,(H,17,18). The van der Waals surface area contributed by atoms with Crippen molar-refractivity contribution in [1.82, 2.24) is 19.5 Å². The summed E-state index contributed by atoms with van der Waals surface area (Å²) in [5.41, 5.74) is 1.93. The molecule has 22 heavy (non-hydrogen) atoms. The van der Waals surface area contributed by atoms with Crippen LogP contribution in [-0.4, -0.2) is 41.0 Å². The first kappa shape index (κ1) is 15.6. The van der Waals surface area contributed by atoms with Crippen LogP contribution in [0.1, 0.15) is 30.1 Å². The van der Waals surface area contributed by atoms with Gasteiger partial charge in [0.15, 0.2) is 0 Å². The Kier molecular flexibility index (Phi) is 4.33. The number of hydrogen-bond acceptors (Lipinski definition) is 4. The molecule has 1 aliphatic rings. The lowest BCUT2D eigenvalue weighted by molar-refractivity contribution is 0.312. The fraction of sp³-hybridized carbons (Fsp3) is 0.429. The minimum atomic E-state index is -3.52. The zero-order valence-corrected chi connectivity index (χ0v) is 14.6. The van der Waals surface area contributed by atoms with Crippen molar-refractivity contribution in [3.8, 4) is 0 Å². The van der Waals surface area contributed by atoms with E-state index in [1.54, 1.807) is 12.3 Å². The van der Waals surface area contributed by atoms with E-state index in [4.69, 9.17) is 0 Å². The summed E-state index contributed by atoms with van der Waals surface area (Å²) in [6, 6.07) is 3.58. The van der Waals surface area contributed by atoms with E-state index in [2.05, 4.69) is 31.1 Å². The molecule has 0 aromatic carbocycles. The van der Waals surface area contributed by atoms with E-state index in [0.29, 0.717) is 17.6 Å². The Morgan fingerprint density at radius 3 is 2.86 bits per heavy atom. The first-order chi connectivity index (χ1) is 10.5. The molecular formula is C14H17BrN4O2S. The predicted octanol–water partition coefficient (Wildman–Crippen LogP) is 2.44. The number of rotatable bonds is 3. The van der Waals surface area contributed by atoms with Crippen molar-refractivity contribution in [2.24, 2.45) is 0 Å². The Bertz CT molecular complexity index is 775. The van der Waals surface area contributed by atoms with E-state index in [-0.39, 0.29) is 10.8 Å². The average molecular weight is 385 g/mol. The van der Waals surface area contributed by atoms with Gasteiger partial charge < -0.3 is 0 Å². The molecule has 6 nitrogen and oxygen atoms in total. The van der Waals surface area contributed by atoms with Crippen LogP contribution in [0, 0.1) is 6.92 Å². The summed E-state index contributed by atoms with van der Waals surface area (Å²) in [6.07, 6.45) is 4.75. The summed E-state index contributed by atoms with van der Waals surface area (Å²) in [4.78, 5) is 4.18. The molecule has 118 valence electrons. The van der Waals surface area contributed by atoms with Gasteiger partial charge in [-0.1, -0.05) is 0 Å². The molecule has 1 atom stereocenters. The summed E-state index contributed by atoms with van der Waals surface area (Å²) in [5.74, 6) is 0.133. The maximum Gasteiger partial charge on any atom is 0.244 e. The second-order valence-electron chi connectivity index (χ2n) is 5.52. The quantitative estimate of drug-likeness (QED) is 0.880. The highest BCUT2D eigenvalue weighted by Crippen LogP contribution is 2.29. The van der Waals surface area contributed by atoms with Gasteiger partial charge in [-0.3, -0.25) is 10.1 Å². The van der Waals surface area contributed by atoms with Gasteiger partial charge in [0, 0.05) is 41.6 Å². The van der Waals surface area contributed by atoms with Gasteiger partial charge in [-0.15, -0.1) is 0 Å². The third-order valence-electron chi connectivity index (χ3n) is 3.85. The van der Waals surface area contributed by atoms with Gasteiger partial charge in [-0.25, -0.2) is 8.42 Å². The fourth-order valence-electron chi connectivity index (χ4n) is 2.73. The van der Waals surface area contributed by atoms with Gasteiger partial charge in [0.2, 0.25) is 10.0 Å². The van der Waals surface area contributed by atoms with Gasteiger partial charge in [-0.2, -0.15) is 9.40 Å². The number of sulfonamides is 1. The van der Waals surface area contributed by atoms with Crippen LogP contribution in [0.15, 0.2) is 33.9 Å². The van der Waals surface area contributed by atoms with E-state index < -0.39 is 10.0 Å². The van der Waals surface area contributed by atoms with Crippen LogP contribution in [0.4, 0.5) is 0 Å². The SMILES string of the molecule is Cc1cc(C2CCCN(S(=O)(=O)c3cncc(Br)c3)C2)n[nH]1. The highest BCUT2D eigenvalue weighted by molar-refractivity contribution is 9.10. The van der Waals surface area contributed by atoms with E-state index in [1.165, 1.54) is 10.5 Å². The molecule has 0 radical (unpaired) electrons. The number of aryl methyl sites for hydroxylation is 1. The molecule has 1 unspecified atom stereocenters. The Morgan fingerprint density at radius 2 is 2.18 bits per heavy atom. The summed E-state index contributed by atoms with van der Waals surface area (Å²) in [6.45, 7) is 2.94. The lowest BCUT2D eigenvalue weighted by Gasteiger charge is -2.31. The largest absolute Gasteiger partial charge is 0.283 e. The number of aromatic nitrogens is 3. The van der Waals surface area contributed by atoms with Crippen molar-refractivity contribution in [1.29, 1.82) is 0 Å². The molecule has 0 bridgehead atoms. The number of hydrogen-bond donors (Lipinski definition) is 1. The normalized spacial score (nSPS) is 20.2. The second-order valence-corrected chi connectivity index (χ2v) is 8.37. The zero-order chi connectivity index (χ0) is 15.7. The Labute approximate surface area is 138 Å². The first-order valence-corrected chi connectivity index (χ1v) is 9.33. The van der Waals surface area contributed by atoms with Crippen LogP contribution in [0.2, 0.25) is 0 Å². The Morgan fingerprint density at radius 1 is 1.36 bits per heavy atom. The number of halogens is 1. The average Bonchev–Trinajstić information content (AvgIpc) is 2.94. The van der Waals surface area contributed by atoms with Crippen LogP contribution in [0.3, 0.4) is 0 Å². The molecule has 3 heterocycles. The van der Waals surface area contributed by atoms with Gasteiger partial charge in [0.05, 0.1) is 5.69 Å². The minimum Gasteiger partial charge on any atom is -0.283 e. The van der Waals surface area contributed by atoms with Crippen LogP contribution in [0.5, 0.6) is 0 Å². The fourth-order valence-corrected chi connectivity index (χ4v) is 4.76. The highest BCUT2D eigenvalue weighted by atomic mass is 79.9. The number of nitrogens with zero attached hydrogens (tertiary/aromatic N) is 3. The summed E-state index contributed by atoms with van der Waals surface area (Å²) < 4.78 is 27.7. The molecular weight excluding hydrogens is 368 g/mol. The summed E-state index contributed by atoms with van der Waals surface area (Å²) >= 11 is 3.27. The summed E-state index contributed by atoms with van der Waals surface area (Å²) in [5, 5.41) is 7.20. The van der Waals surface area contributed by atoms with E-state index in [1.807, 2.05) is 13.0 Å². The van der Waals surface area contributed by atoms with Crippen molar-refractivity contribution < 1.29 is 8.42 Å². The van der Waals surface area contributed by atoms with E-state index >= 15 is 0 Å². The van der Waals surface area contributed by atoms with Crippen molar-refractivity contribution in [2.75, 3.05) is 13.1 Å². The molecule has 1 N–H and O–H groups in total. The third kappa shape index (κ3) is 3.09. The second kappa shape index (κ2) is 6.10. The molecule has 8 heteroatoms. The van der Waals surface area contributed by atoms with Gasteiger partial charge >= 0.3 is 0 Å².